The number of para-hydroxylation sites is 1. The van der Waals surface area contributed by atoms with Gasteiger partial charge in [-0.25, -0.2) is 14.5 Å². The van der Waals surface area contributed by atoms with Crippen LogP contribution in [-0.4, -0.2) is 14.5 Å². The van der Waals surface area contributed by atoms with Gasteiger partial charge < -0.3 is 0 Å². The molecule has 0 unspecified atom stereocenters. The standard InChI is InChI=1S/C17H12ClN3OS/c1-2-15-19-12-6-4-3-5-11(12)16(22)21(15)17-20-13-9-10(18)7-8-14(13)23-17/h3-9H,2H2,1H3. The highest BCUT2D eigenvalue weighted by Crippen LogP contribution is 2.27. The molecule has 0 aliphatic rings. The molecule has 4 nitrogen and oxygen atoms in total. The summed E-state index contributed by atoms with van der Waals surface area (Å²) in [5.41, 5.74) is 1.42. The Kier molecular flexibility index (Phi) is 3.39. The topological polar surface area (TPSA) is 47.8 Å². The summed E-state index contributed by atoms with van der Waals surface area (Å²) in [6, 6.07) is 12.9. The number of thiazole rings is 1. The monoisotopic (exact) mass is 341 g/mol. The summed E-state index contributed by atoms with van der Waals surface area (Å²) in [5, 5.41) is 1.86. The van der Waals surface area contributed by atoms with Crippen molar-refractivity contribution in [2.45, 2.75) is 13.3 Å². The summed E-state index contributed by atoms with van der Waals surface area (Å²) in [6.45, 7) is 1.98. The fraction of sp³-hybridized carbons (Fsp3) is 0.118. The molecule has 2 heterocycles. The van der Waals surface area contributed by atoms with Crippen LogP contribution in [0.15, 0.2) is 47.3 Å². The maximum atomic E-state index is 12.9. The summed E-state index contributed by atoms with van der Waals surface area (Å²) < 4.78 is 2.60. The van der Waals surface area contributed by atoms with Gasteiger partial charge in [0.05, 0.1) is 21.1 Å². The highest BCUT2D eigenvalue weighted by Gasteiger charge is 2.15. The minimum Gasteiger partial charge on any atom is -0.268 e. The zero-order chi connectivity index (χ0) is 16.0. The largest absolute Gasteiger partial charge is 0.268 e. The maximum absolute atomic E-state index is 12.9. The smallest absolute Gasteiger partial charge is 0.267 e. The van der Waals surface area contributed by atoms with E-state index in [1.165, 1.54) is 11.3 Å². The van der Waals surface area contributed by atoms with Crippen molar-refractivity contribution in [1.82, 2.24) is 14.5 Å². The van der Waals surface area contributed by atoms with Crippen molar-refractivity contribution in [3.8, 4) is 5.13 Å². The molecule has 0 spiro atoms. The van der Waals surface area contributed by atoms with Crippen LogP contribution in [0.25, 0.3) is 26.3 Å². The Labute approximate surface area is 141 Å². The van der Waals surface area contributed by atoms with Crippen LogP contribution >= 0.6 is 22.9 Å². The molecule has 6 heteroatoms. The number of aryl methyl sites for hydroxylation is 1. The SMILES string of the molecule is CCc1nc2ccccc2c(=O)n1-c1nc2cc(Cl)ccc2s1. The Morgan fingerprint density at radius 1 is 1.13 bits per heavy atom. The first-order chi connectivity index (χ1) is 11.2. The summed E-state index contributed by atoms with van der Waals surface area (Å²) in [5.74, 6) is 0.707. The molecule has 0 saturated heterocycles. The van der Waals surface area contributed by atoms with Crippen molar-refractivity contribution in [3.05, 3.63) is 63.7 Å². The molecule has 0 bridgehead atoms. The minimum atomic E-state index is -0.0856. The Balaban J connectivity index is 2.06. The Morgan fingerprint density at radius 2 is 1.96 bits per heavy atom. The van der Waals surface area contributed by atoms with Crippen LogP contribution in [0.4, 0.5) is 0 Å². The van der Waals surface area contributed by atoms with Gasteiger partial charge in [-0.1, -0.05) is 42.0 Å². The van der Waals surface area contributed by atoms with E-state index in [4.69, 9.17) is 11.6 Å². The van der Waals surface area contributed by atoms with Gasteiger partial charge in [0.15, 0.2) is 5.13 Å². The van der Waals surface area contributed by atoms with Gasteiger partial charge in [0.1, 0.15) is 5.82 Å². The molecule has 0 saturated carbocycles. The van der Waals surface area contributed by atoms with Crippen LogP contribution in [0.5, 0.6) is 0 Å². The number of rotatable bonds is 2. The van der Waals surface area contributed by atoms with Crippen LogP contribution in [0.2, 0.25) is 5.02 Å². The van der Waals surface area contributed by atoms with E-state index in [1.54, 1.807) is 10.6 Å². The van der Waals surface area contributed by atoms with Gasteiger partial charge in [0, 0.05) is 11.4 Å². The first-order valence-electron chi connectivity index (χ1n) is 7.24. The lowest BCUT2D eigenvalue weighted by Crippen LogP contribution is -2.23. The van der Waals surface area contributed by atoms with Crippen molar-refractivity contribution < 1.29 is 0 Å². The lowest BCUT2D eigenvalue weighted by molar-refractivity contribution is 0.829. The molecule has 114 valence electrons. The van der Waals surface area contributed by atoms with Gasteiger partial charge in [-0.3, -0.25) is 4.79 Å². The second kappa shape index (κ2) is 5.44. The predicted octanol–water partition coefficient (Wildman–Crippen LogP) is 4.21. The van der Waals surface area contributed by atoms with Crippen LogP contribution < -0.4 is 5.56 Å². The molecule has 0 fully saturated rings. The predicted molar refractivity (Wildman–Crippen MR) is 94.9 cm³/mol. The van der Waals surface area contributed by atoms with Crippen LogP contribution in [-0.2, 0) is 6.42 Å². The number of aromatic nitrogens is 3. The first kappa shape index (κ1) is 14.4. The lowest BCUT2D eigenvalue weighted by Gasteiger charge is -2.09. The van der Waals surface area contributed by atoms with Crippen molar-refractivity contribution in [1.29, 1.82) is 0 Å². The van der Waals surface area contributed by atoms with E-state index in [0.29, 0.717) is 27.8 Å². The second-order valence-electron chi connectivity index (χ2n) is 5.15. The van der Waals surface area contributed by atoms with E-state index >= 15 is 0 Å². The molecule has 0 aliphatic heterocycles. The molecule has 0 radical (unpaired) electrons. The minimum absolute atomic E-state index is 0.0856. The molecule has 0 N–H and O–H groups in total. The summed E-state index contributed by atoms with van der Waals surface area (Å²) >= 11 is 7.49. The van der Waals surface area contributed by atoms with Crippen LogP contribution in [0.1, 0.15) is 12.7 Å². The van der Waals surface area contributed by atoms with Crippen LogP contribution in [0, 0.1) is 0 Å². The van der Waals surface area contributed by atoms with E-state index in [2.05, 4.69) is 9.97 Å². The van der Waals surface area contributed by atoms with E-state index < -0.39 is 0 Å². The third kappa shape index (κ3) is 2.33. The van der Waals surface area contributed by atoms with Crippen molar-refractivity contribution in [2.24, 2.45) is 0 Å². The molecule has 0 atom stereocenters. The third-order valence-electron chi connectivity index (χ3n) is 3.69. The number of hydrogen-bond acceptors (Lipinski definition) is 4. The molecule has 23 heavy (non-hydrogen) atoms. The second-order valence-corrected chi connectivity index (χ2v) is 6.59. The fourth-order valence-corrected chi connectivity index (χ4v) is 3.73. The molecule has 4 aromatic rings. The number of fused-ring (bicyclic) bond motifs is 2. The van der Waals surface area contributed by atoms with Gasteiger partial charge in [0.25, 0.3) is 5.56 Å². The first-order valence-corrected chi connectivity index (χ1v) is 8.44. The Morgan fingerprint density at radius 3 is 2.78 bits per heavy atom. The molecule has 0 amide bonds. The molecule has 2 aromatic carbocycles. The van der Waals surface area contributed by atoms with Gasteiger partial charge >= 0.3 is 0 Å². The van der Waals surface area contributed by atoms with E-state index in [9.17, 15) is 4.79 Å². The highest BCUT2D eigenvalue weighted by atomic mass is 35.5. The molecular formula is C17H12ClN3OS. The quantitative estimate of drug-likeness (QED) is 0.548. The van der Waals surface area contributed by atoms with Crippen molar-refractivity contribution in [2.75, 3.05) is 0 Å². The fourth-order valence-electron chi connectivity index (χ4n) is 2.60. The maximum Gasteiger partial charge on any atom is 0.267 e. The van der Waals surface area contributed by atoms with Crippen molar-refractivity contribution >= 4 is 44.1 Å². The summed E-state index contributed by atoms with van der Waals surface area (Å²) in [4.78, 5) is 22.1. The van der Waals surface area contributed by atoms with Gasteiger partial charge in [-0.15, -0.1) is 0 Å². The van der Waals surface area contributed by atoms with Crippen LogP contribution in [0.3, 0.4) is 0 Å². The molecular weight excluding hydrogens is 330 g/mol. The number of nitrogens with zero attached hydrogens (tertiary/aromatic N) is 3. The van der Waals surface area contributed by atoms with E-state index in [-0.39, 0.29) is 5.56 Å². The normalized spacial score (nSPS) is 11.4. The Bertz CT molecular complexity index is 1100. The van der Waals surface area contributed by atoms with Gasteiger partial charge in [-0.2, -0.15) is 0 Å². The number of halogens is 1. The van der Waals surface area contributed by atoms with E-state index in [1.807, 2.05) is 43.3 Å². The zero-order valence-electron chi connectivity index (χ0n) is 12.3. The Hall–Kier alpha value is -2.24. The van der Waals surface area contributed by atoms with Crippen molar-refractivity contribution in [3.63, 3.8) is 0 Å². The highest BCUT2D eigenvalue weighted by molar-refractivity contribution is 7.20. The average Bonchev–Trinajstić information content (AvgIpc) is 2.97. The summed E-state index contributed by atoms with van der Waals surface area (Å²) in [6.07, 6.45) is 0.650. The van der Waals surface area contributed by atoms with E-state index in [0.717, 1.165) is 15.7 Å². The molecule has 2 aromatic heterocycles. The third-order valence-corrected chi connectivity index (χ3v) is 4.95. The van der Waals surface area contributed by atoms with Gasteiger partial charge in [0.2, 0.25) is 0 Å². The molecule has 4 rings (SSSR count). The van der Waals surface area contributed by atoms with Gasteiger partial charge in [-0.05, 0) is 30.3 Å². The number of hydrogen-bond donors (Lipinski definition) is 0. The summed E-state index contributed by atoms with van der Waals surface area (Å²) in [7, 11) is 0. The lowest BCUT2D eigenvalue weighted by atomic mass is 10.2. The zero-order valence-corrected chi connectivity index (χ0v) is 13.9. The molecule has 0 aliphatic carbocycles. The average molecular weight is 342 g/mol. The number of benzene rings is 2.